The van der Waals surface area contributed by atoms with E-state index in [2.05, 4.69) is 32.5 Å². The predicted octanol–water partition coefficient (Wildman–Crippen LogP) is 6.75. The van der Waals surface area contributed by atoms with Gasteiger partial charge in [0.2, 0.25) is 5.88 Å². The number of carbonyl (C=O) groups is 3. The molecule has 0 aromatic carbocycles. The number of rotatable bonds is 6. The van der Waals surface area contributed by atoms with Crippen LogP contribution in [0.15, 0.2) is 41.7 Å². The lowest BCUT2D eigenvalue weighted by molar-refractivity contribution is -0.177. The summed E-state index contributed by atoms with van der Waals surface area (Å²) in [4.78, 5) is 48.6. The molecular weight excluding hydrogens is 609 g/mol. The number of fused-ring (bicyclic) bond motifs is 1. The van der Waals surface area contributed by atoms with Gasteiger partial charge in [0.1, 0.15) is 22.3 Å². The number of nitrogens with one attached hydrogen (secondary N) is 3. The first-order valence-corrected chi connectivity index (χ1v) is 14.4. The smallest absolute Gasteiger partial charge is 0.414 e. The SMILES string of the molecule is C=Cc1cnc2c(C(=O)Nc3cnccc3N3CC(NC(=O)OC(C)(C)C)CC(C(F)(F)F)C3)c(NC(=O)OC(C)(C)C)oc2c1. The summed E-state index contributed by atoms with van der Waals surface area (Å²) in [6.07, 6.45) is -1.00. The zero-order valence-corrected chi connectivity index (χ0v) is 26.4. The third-order valence-electron chi connectivity index (χ3n) is 6.65. The summed E-state index contributed by atoms with van der Waals surface area (Å²) >= 11 is 0. The number of nitrogens with zero attached hydrogens (tertiary/aromatic N) is 3. The highest BCUT2D eigenvalue weighted by Gasteiger charge is 2.45. The molecule has 2 unspecified atom stereocenters. The van der Waals surface area contributed by atoms with Crippen molar-refractivity contribution < 1.29 is 41.4 Å². The standard InChI is InChI=1S/C31H37F3N6O6/c1-8-17-11-22-24(36-13-17)23(26(44-22)39-28(43)46-30(5,6)7)25(41)38-20-14-35-10-9-21(20)40-15-18(31(32,33)34)12-19(16-40)37-27(42)45-29(2,3)4/h8-11,13-14,18-19H,1,12,15-16H2,2-7H3,(H,37,42)(H,38,41)(H,39,43). The molecule has 46 heavy (non-hydrogen) atoms. The number of amides is 3. The molecule has 1 fully saturated rings. The Morgan fingerprint density at radius 3 is 2.33 bits per heavy atom. The number of alkyl carbamates (subject to hydrolysis) is 1. The second kappa shape index (κ2) is 12.9. The number of anilines is 3. The van der Waals surface area contributed by atoms with Gasteiger partial charge >= 0.3 is 18.4 Å². The lowest BCUT2D eigenvalue weighted by Gasteiger charge is -2.40. The fourth-order valence-corrected chi connectivity index (χ4v) is 4.86. The lowest BCUT2D eigenvalue weighted by atomic mass is 9.93. The van der Waals surface area contributed by atoms with Crippen LogP contribution < -0.4 is 20.9 Å². The molecule has 0 bridgehead atoms. The molecule has 3 N–H and O–H groups in total. The van der Waals surface area contributed by atoms with Gasteiger partial charge in [-0.1, -0.05) is 12.7 Å². The summed E-state index contributed by atoms with van der Waals surface area (Å²) in [5.74, 6) is -2.83. The molecule has 0 radical (unpaired) electrons. The quantitative estimate of drug-likeness (QED) is 0.265. The van der Waals surface area contributed by atoms with Crippen molar-refractivity contribution in [2.45, 2.75) is 71.4 Å². The van der Waals surface area contributed by atoms with Crippen molar-refractivity contribution >= 4 is 52.5 Å². The van der Waals surface area contributed by atoms with E-state index in [1.165, 1.54) is 35.6 Å². The first-order chi connectivity index (χ1) is 21.3. The minimum Gasteiger partial charge on any atom is -0.444 e. The fourth-order valence-electron chi connectivity index (χ4n) is 4.86. The number of aromatic nitrogens is 2. The molecule has 4 rings (SSSR count). The van der Waals surface area contributed by atoms with Crippen LogP contribution in [-0.4, -0.2) is 64.6 Å². The van der Waals surface area contributed by atoms with E-state index in [1.807, 2.05) is 0 Å². The number of ether oxygens (including phenoxy) is 2. The third kappa shape index (κ3) is 8.67. The van der Waals surface area contributed by atoms with E-state index in [0.717, 1.165) is 0 Å². The average molecular weight is 647 g/mol. The maximum Gasteiger partial charge on any atom is 0.414 e. The van der Waals surface area contributed by atoms with Gasteiger partial charge in [-0.25, -0.2) is 9.59 Å². The van der Waals surface area contributed by atoms with Gasteiger partial charge in [0.05, 0.1) is 29.5 Å². The molecule has 3 aromatic heterocycles. The molecule has 4 heterocycles. The molecule has 12 nitrogen and oxygen atoms in total. The highest BCUT2D eigenvalue weighted by atomic mass is 19.4. The minimum atomic E-state index is -4.56. The summed E-state index contributed by atoms with van der Waals surface area (Å²) in [7, 11) is 0. The van der Waals surface area contributed by atoms with Gasteiger partial charge in [-0.3, -0.25) is 20.1 Å². The van der Waals surface area contributed by atoms with E-state index in [4.69, 9.17) is 13.9 Å². The number of furan rings is 1. The molecule has 1 aliphatic rings. The number of pyridine rings is 2. The largest absolute Gasteiger partial charge is 0.444 e. The summed E-state index contributed by atoms with van der Waals surface area (Å²) < 4.78 is 58.5. The number of hydrogen-bond donors (Lipinski definition) is 3. The van der Waals surface area contributed by atoms with Crippen LogP contribution in [0.25, 0.3) is 17.2 Å². The van der Waals surface area contributed by atoms with Crippen LogP contribution in [0.4, 0.5) is 40.0 Å². The fraction of sp³-hybridized carbons (Fsp3) is 0.452. The maximum absolute atomic E-state index is 14.0. The molecule has 1 aliphatic heterocycles. The predicted molar refractivity (Wildman–Crippen MR) is 166 cm³/mol. The van der Waals surface area contributed by atoms with Crippen molar-refractivity contribution in [1.82, 2.24) is 15.3 Å². The summed E-state index contributed by atoms with van der Waals surface area (Å²) in [5.41, 5.74) is -0.683. The van der Waals surface area contributed by atoms with Crippen LogP contribution >= 0.6 is 0 Å². The Labute approximate surface area is 263 Å². The van der Waals surface area contributed by atoms with Gasteiger partial charge in [-0.05, 0) is 65.7 Å². The Morgan fingerprint density at radius 1 is 1.02 bits per heavy atom. The number of alkyl halides is 3. The summed E-state index contributed by atoms with van der Waals surface area (Å²) in [6, 6.07) is 2.11. The Bertz CT molecular complexity index is 1630. The first-order valence-electron chi connectivity index (χ1n) is 14.4. The van der Waals surface area contributed by atoms with Gasteiger partial charge in [-0.2, -0.15) is 13.2 Å². The van der Waals surface area contributed by atoms with Crippen LogP contribution in [0.5, 0.6) is 0 Å². The first kappa shape index (κ1) is 34.1. The van der Waals surface area contributed by atoms with E-state index in [9.17, 15) is 27.6 Å². The molecular formula is C31H37F3N6O6. The van der Waals surface area contributed by atoms with Crippen molar-refractivity contribution in [3.05, 3.63) is 48.4 Å². The molecule has 0 aliphatic carbocycles. The van der Waals surface area contributed by atoms with Gasteiger partial charge < -0.3 is 29.4 Å². The van der Waals surface area contributed by atoms with Crippen molar-refractivity contribution in [2.24, 2.45) is 5.92 Å². The summed E-state index contributed by atoms with van der Waals surface area (Å²) in [5, 5.41) is 7.67. The molecule has 3 amide bonds. The topological polar surface area (TPSA) is 148 Å². The van der Waals surface area contributed by atoms with Gasteiger partial charge in [0, 0.05) is 25.5 Å². The Balaban J connectivity index is 1.66. The molecule has 248 valence electrons. The lowest BCUT2D eigenvalue weighted by Crippen LogP contribution is -2.54. The average Bonchev–Trinajstić information content (AvgIpc) is 3.27. The molecule has 2 atom stereocenters. The van der Waals surface area contributed by atoms with Crippen LogP contribution in [0.1, 0.15) is 63.9 Å². The molecule has 1 saturated heterocycles. The van der Waals surface area contributed by atoms with Gasteiger partial charge in [-0.15, -0.1) is 0 Å². The van der Waals surface area contributed by atoms with Crippen LogP contribution in [0.3, 0.4) is 0 Å². The monoisotopic (exact) mass is 646 g/mol. The van der Waals surface area contributed by atoms with Gasteiger partial charge in [0.15, 0.2) is 5.58 Å². The molecule has 0 spiro atoms. The molecule has 0 saturated carbocycles. The van der Waals surface area contributed by atoms with Crippen LogP contribution in [0.2, 0.25) is 0 Å². The van der Waals surface area contributed by atoms with E-state index in [0.29, 0.717) is 5.56 Å². The highest BCUT2D eigenvalue weighted by Crippen LogP contribution is 2.38. The zero-order chi connectivity index (χ0) is 34.0. The maximum atomic E-state index is 14.0. The Hall–Kier alpha value is -4.82. The van der Waals surface area contributed by atoms with E-state index >= 15 is 0 Å². The molecule has 3 aromatic rings. The number of hydrogen-bond acceptors (Lipinski definition) is 9. The Morgan fingerprint density at radius 2 is 1.70 bits per heavy atom. The van der Waals surface area contributed by atoms with E-state index < -0.39 is 54.0 Å². The molecule has 15 heteroatoms. The summed E-state index contributed by atoms with van der Waals surface area (Å²) in [6.45, 7) is 13.2. The third-order valence-corrected chi connectivity index (χ3v) is 6.65. The van der Waals surface area contributed by atoms with E-state index in [1.54, 1.807) is 47.6 Å². The number of halogens is 3. The second-order valence-corrected chi connectivity index (χ2v) is 12.8. The second-order valence-electron chi connectivity index (χ2n) is 12.8. The Kier molecular flexibility index (Phi) is 9.54. The highest BCUT2D eigenvalue weighted by molar-refractivity contribution is 6.16. The number of piperidine rings is 1. The van der Waals surface area contributed by atoms with Crippen molar-refractivity contribution in [3.8, 4) is 0 Å². The van der Waals surface area contributed by atoms with Crippen LogP contribution in [0, 0.1) is 5.92 Å². The van der Waals surface area contributed by atoms with Gasteiger partial charge in [0.25, 0.3) is 5.91 Å². The normalized spacial score (nSPS) is 17.3. The van der Waals surface area contributed by atoms with Crippen LogP contribution in [-0.2, 0) is 9.47 Å². The zero-order valence-electron chi connectivity index (χ0n) is 26.4. The van der Waals surface area contributed by atoms with Crippen molar-refractivity contribution in [1.29, 1.82) is 0 Å². The van der Waals surface area contributed by atoms with Crippen molar-refractivity contribution in [2.75, 3.05) is 28.6 Å². The number of carbonyl (C=O) groups excluding carboxylic acids is 3. The minimum absolute atomic E-state index is 0.00924. The van der Waals surface area contributed by atoms with E-state index in [-0.39, 0.29) is 46.9 Å². The van der Waals surface area contributed by atoms with Crippen molar-refractivity contribution in [3.63, 3.8) is 0 Å².